The summed E-state index contributed by atoms with van der Waals surface area (Å²) in [6.45, 7) is 0. The Labute approximate surface area is 99.3 Å². The van der Waals surface area contributed by atoms with Crippen LogP contribution in [-0.4, -0.2) is 28.8 Å². The second-order valence-corrected chi connectivity index (χ2v) is 4.58. The van der Waals surface area contributed by atoms with Crippen molar-refractivity contribution in [3.8, 4) is 0 Å². The monoisotopic (exact) mass is 242 g/mol. The Balaban J connectivity index is 2.87. The maximum atomic E-state index is 12.1. The molecule has 1 amide bonds. The highest BCUT2D eigenvalue weighted by atomic mass is 16.4. The second kappa shape index (κ2) is 5.27. The van der Waals surface area contributed by atoms with Crippen LogP contribution in [0.25, 0.3) is 0 Å². The molecule has 0 saturated heterocycles. The Bertz CT molecular complexity index is 334. The number of carbonyl (C=O) groups is 3. The van der Waals surface area contributed by atoms with Crippen LogP contribution in [0.2, 0.25) is 0 Å². The lowest BCUT2D eigenvalue weighted by atomic mass is 9.68. The summed E-state index contributed by atoms with van der Waals surface area (Å²) < 4.78 is 0. The van der Waals surface area contributed by atoms with E-state index in [-0.39, 0.29) is 0 Å². The van der Waals surface area contributed by atoms with Gasteiger partial charge in [0.25, 0.3) is 0 Å². The van der Waals surface area contributed by atoms with Crippen LogP contribution in [0.5, 0.6) is 0 Å². The smallest absolute Gasteiger partial charge is 0.305 e. The summed E-state index contributed by atoms with van der Waals surface area (Å²) in [4.78, 5) is 34.1. The van der Waals surface area contributed by atoms with E-state index in [1.165, 1.54) is 0 Å². The number of carboxylic acid groups (broad SMARTS) is 1. The molecule has 0 unspecified atom stereocenters. The molecule has 0 aromatic carbocycles. The summed E-state index contributed by atoms with van der Waals surface area (Å²) in [7, 11) is 0. The van der Waals surface area contributed by atoms with Crippen LogP contribution in [0.4, 0.5) is 0 Å². The fourth-order valence-corrected chi connectivity index (χ4v) is 2.41. The molecule has 1 rings (SSSR count). The predicted molar refractivity (Wildman–Crippen MR) is 59.9 cm³/mol. The molecule has 1 aliphatic carbocycles. The first-order valence-electron chi connectivity index (χ1n) is 5.72. The molecule has 0 heterocycles. The third kappa shape index (κ3) is 2.82. The molecule has 17 heavy (non-hydrogen) atoms. The van der Waals surface area contributed by atoms with Crippen molar-refractivity contribution in [2.75, 3.05) is 0 Å². The van der Waals surface area contributed by atoms with Crippen molar-refractivity contribution in [3.63, 3.8) is 0 Å². The Morgan fingerprint density at radius 3 is 2.12 bits per heavy atom. The van der Waals surface area contributed by atoms with Crippen molar-refractivity contribution in [2.24, 2.45) is 16.9 Å². The maximum Gasteiger partial charge on any atom is 0.305 e. The third-order valence-corrected chi connectivity index (χ3v) is 3.38. The zero-order valence-electron chi connectivity index (χ0n) is 9.65. The number of amides is 1. The fraction of sp³-hybridized carbons (Fsp3) is 0.727. The quantitative estimate of drug-likeness (QED) is 0.575. The molecule has 1 saturated carbocycles. The molecule has 0 aromatic heterocycles. The number of rotatable bonds is 5. The number of aliphatic carboxylic acids is 1. The van der Waals surface area contributed by atoms with Gasteiger partial charge in [-0.05, 0) is 12.8 Å². The zero-order chi connectivity index (χ0) is 13.1. The van der Waals surface area contributed by atoms with Crippen molar-refractivity contribution < 1.29 is 19.5 Å². The molecule has 6 nitrogen and oxygen atoms in total. The van der Waals surface area contributed by atoms with E-state index in [1.54, 1.807) is 0 Å². The summed E-state index contributed by atoms with van der Waals surface area (Å²) in [6.07, 6.45) is 2.75. The predicted octanol–water partition coefficient (Wildman–Crippen LogP) is -0.207. The largest absolute Gasteiger partial charge is 0.481 e. The molecule has 1 fully saturated rings. The van der Waals surface area contributed by atoms with Gasteiger partial charge in [0, 0.05) is 0 Å². The van der Waals surface area contributed by atoms with E-state index in [9.17, 15) is 14.4 Å². The minimum Gasteiger partial charge on any atom is -0.481 e. The van der Waals surface area contributed by atoms with Crippen LogP contribution in [0.15, 0.2) is 0 Å². The van der Waals surface area contributed by atoms with Gasteiger partial charge in [0.1, 0.15) is 5.41 Å². The van der Waals surface area contributed by atoms with Crippen LogP contribution < -0.4 is 11.5 Å². The average Bonchev–Trinajstić information content (AvgIpc) is 2.27. The Kier molecular flexibility index (Phi) is 4.22. The molecule has 0 bridgehead atoms. The number of ketones is 1. The second-order valence-electron chi connectivity index (χ2n) is 4.58. The highest BCUT2D eigenvalue weighted by Gasteiger charge is 2.46. The Morgan fingerprint density at radius 1 is 1.18 bits per heavy atom. The van der Waals surface area contributed by atoms with E-state index in [1.807, 2.05) is 0 Å². The number of nitrogens with two attached hydrogens (primary N) is 2. The van der Waals surface area contributed by atoms with Gasteiger partial charge in [0.2, 0.25) is 5.91 Å². The summed E-state index contributed by atoms with van der Waals surface area (Å²) in [6, 6.07) is -1.15. The molecule has 0 radical (unpaired) electrons. The molecule has 1 aliphatic rings. The summed E-state index contributed by atoms with van der Waals surface area (Å²) in [5, 5.41) is 8.61. The summed E-state index contributed by atoms with van der Waals surface area (Å²) in [5.41, 5.74) is 9.60. The van der Waals surface area contributed by atoms with E-state index in [0.29, 0.717) is 12.8 Å². The van der Waals surface area contributed by atoms with Crippen LogP contribution in [0.1, 0.15) is 38.5 Å². The average molecular weight is 242 g/mol. The van der Waals surface area contributed by atoms with Gasteiger partial charge in [-0.1, -0.05) is 19.3 Å². The van der Waals surface area contributed by atoms with Crippen LogP contribution in [-0.2, 0) is 14.4 Å². The van der Waals surface area contributed by atoms with E-state index in [4.69, 9.17) is 16.6 Å². The lowest BCUT2D eigenvalue weighted by molar-refractivity contribution is -0.147. The van der Waals surface area contributed by atoms with Gasteiger partial charge in [-0.2, -0.15) is 0 Å². The van der Waals surface area contributed by atoms with E-state index >= 15 is 0 Å². The first-order valence-corrected chi connectivity index (χ1v) is 5.72. The molecule has 0 aliphatic heterocycles. The first kappa shape index (κ1) is 13.6. The van der Waals surface area contributed by atoms with Crippen molar-refractivity contribution in [3.05, 3.63) is 0 Å². The van der Waals surface area contributed by atoms with Crippen molar-refractivity contribution in [1.82, 2.24) is 0 Å². The highest BCUT2D eigenvalue weighted by Crippen LogP contribution is 2.37. The van der Waals surface area contributed by atoms with Crippen molar-refractivity contribution >= 4 is 17.7 Å². The Hall–Kier alpha value is -1.43. The van der Waals surface area contributed by atoms with Crippen LogP contribution >= 0.6 is 0 Å². The van der Waals surface area contributed by atoms with Gasteiger partial charge in [0.15, 0.2) is 5.78 Å². The van der Waals surface area contributed by atoms with Crippen molar-refractivity contribution in [2.45, 2.75) is 44.6 Å². The standard InChI is InChI=1S/C11H18N2O4/c12-7(6-8(14)15)9(16)11(10(13)17)4-2-1-3-5-11/h7H,1-6,12H2,(H2,13,17)(H,14,15)/t7-/m0/s1. The number of Topliss-reactive ketones (excluding diaryl/α,β-unsaturated/α-hetero) is 1. The van der Waals surface area contributed by atoms with E-state index in [0.717, 1.165) is 19.3 Å². The minimum absolute atomic E-state index is 0.383. The summed E-state index contributed by atoms with van der Waals surface area (Å²) >= 11 is 0. The lowest BCUT2D eigenvalue weighted by Gasteiger charge is -2.34. The third-order valence-electron chi connectivity index (χ3n) is 3.38. The molecule has 0 spiro atoms. The number of carboxylic acids is 1. The van der Waals surface area contributed by atoms with Crippen LogP contribution in [0.3, 0.4) is 0 Å². The van der Waals surface area contributed by atoms with Crippen molar-refractivity contribution in [1.29, 1.82) is 0 Å². The lowest BCUT2D eigenvalue weighted by Crippen LogP contribution is -2.52. The molecule has 5 N–H and O–H groups in total. The summed E-state index contributed by atoms with van der Waals surface area (Å²) in [5.74, 6) is -2.35. The maximum absolute atomic E-state index is 12.1. The fourth-order valence-electron chi connectivity index (χ4n) is 2.41. The van der Waals surface area contributed by atoms with E-state index in [2.05, 4.69) is 0 Å². The molecular weight excluding hydrogens is 224 g/mol. The highest BCUT2D eigenvalue weighted by molar-refractivity contribution is 6.08. The molecular formula is C11H18N2O4. The topological polar surface area (TPSA) is 123 Å². The molecule has 1 atom stereocenters. The zero-order valence-corrected chi connectivity index (χ0v) is 9.65. The normalized spacial score (nSPS) is 20.5. The molecule has 6 heteroatoms. The van der Waals surface area contributed by atoms with Gasteiger partial charge in [-0.3, -0.25) is 14.4 Å². The molecule has 0 aromatic rings. The SMILES string of the molecule is NC(=O)C1(C(=O)[C@@H](N)CC(=O)O)CCCCC1. The number of primary amides is 1. The number of hydrogen-bond donors (Lipinski definition) is 3. The number of hydrogen-bond acceptors (Lipinski definition) is 4. The number of carbonyl (C=O) groups excluding carboxylic acids is 2. The minimum atomic E-state index is -1.24. The van der Waals surface area contributed by atoms with Gasteiger partial charge in [-0.15, -0.1) is 0 Å². The molecule has 96 valence electrons. The van der Waals surface area contributed by atoms with Gasteiger partial charge in [-0.25, -0.2) is 0 Å². The van der Waals surface area contributed by atoms with Gasteiger partial charge < -0.3 is 16.6 Å². The van der Waals surface area contributed by atoms with Crippen LogP contribution in [0, 0.1) is 5.41 Å². The Morgan fingerprint density at radius 2 is 1.71 bits per heavy atom. The van der Waals surface area contributed by atoms with Gasteiger partial charge >= 0.3 is 5.97 Å². The first-order chi connectivity index (χ1) is 7.90. The van der Waals surface area contributed by atoms with E-state index < -0.39 is 35.5 Å². The van der Waals surface area contributed by atoms with Gasteiger partial charge in [0.05, 0.1) is 12.5 Å².